The third-order valence-electron chi connectivity index (χ3n) is 3.77. The standard InChI is InChI=1S/C19H15N5OS/c1-13-11-16(23-24(13)14-7-3-2-4-8-14)18(25)22-19-21-17(12-26-19)15-9-5-6-10-20-15/h2-12H,1H3,(H,21,22,25). The van der Waals surface area contributed by atoms with Crippen molar-refractivity contribution in [2.45, 2.75) is 6.92 Å². The minimum atomic E-state index is -0.287. The molecule has 7 heteroatoms. The fourth-order valence-electron chi connectivity index (χ4n) is 2.54. The van der Waals surface area contributed by atoms with E-state index in [-0.39, 0.29) is 5.91 Å². The molecule has 26 heavy (non-hydrogen) atoms. The minimum Gasteiger partial charge on any atom is -0.296 e. The van der Waals surface area contributed by atoms with Gasteiger partial charge in [-0.25, -0.2) is 9.67 Å². The van der Waals surface area contributed by atoms with Gasteiger partial charge >= 0.3 is 0 Å². The molecule has 1 N–H and O–H groups in total. The Kier molecular flexibility index (Phi) is 4.28. The largest absolute Gasteiger partial charge is 0.296 e. The predicted octanol–water partition coefficient (Wildman–Crippen LogP) is 3.95. The van der Waals surface area contributed by atoms with Crippen molar-refractivity contribution in [1.29, 1.82) is 0 Å². The zero-order chi connectivity index (χ0) is 17.9. The van der Waals surface area contributed by atoms with Crippen LogP contribution in [-0.2, 0) is 0 Å². The van der Waals surface area contributed by atoms with Gasteiger partial charge in [0.25, 0.3) is 5.91 Å². The minimum absolute atomic E-state index is 0.287. The number of thiazole rings is 1. The molecule has 4 rings (SSSR count). The zero-order valence-electron chi connectivity index (χ0n) is 14.0. The Morgan fingerprint density at radius 3 is 2.65 bits per heavy atom. The summed E-state index contributed by atoms with van der Waals surface area (Å²) in [5.74, 6) is -0.287. The number of aryl methyl sites for hydroxylation is 1. The van der Waals surface area contributed by atoms with Crippen molar-refractivity contribution in [3.05, 3.63) is 77.6 Å². The lowest BCUT2D eigenvalue weighted by Crippen LogP contribution is -2.13. The van der Waals surface area contributed by atoms with Gasteiger partial charge in [-0.2, -0.15) is 5.10 Å². The number of amides is 1. The molecule has 3 heterocycles. The molecule has 0 saturated heterocycles. The van der Waals surface area contributed by atoms with E-state index in [2.05, 4.69) is 20.4 Å². The van der Waals surface area contributed by atoms with Crippen LogP contribution < -0.4 is 5.32 Å². The van der Waals surface area contributed by atoms with Crippen LogP contribution in [0, 0.1) is 6.92 Å². The Bertz CT molecular complexity index is 1040. The van der Waals surface area contributed by atoms with Crippen molar-refractivity contribution in [3.63, 3.8) is 0 Å². The van der Waals surface area contributed by atoms with Crippen molar-refractivity contribution in [2.75, 3.05) is 5.32 Å². The third kappa shape index (κ3) is 3.25. The number of aromatic nitrogens is 4. The van der Waals surface area contributed by atoms with Gasteiger partial charge in [0, 0.05) is 17.3 Å². The van der Waals surface area contributed by atoms with Gasteiger partial charge < -0.3 is 0 Å². The van der Waals surface area contributed by atoms with Crippen molar-refractivity contribution < 1.29 is 4.79 Å². The summed E-state index contributed by atoms with van der Waals surface area (Å²) in [4.78, 5) is 21.2. The number of para-hydroxylation sites is 1. The Morgan fingerprint density at radius 1 is 1.08 bits per heavy atom. The number of carbonyl (C=O) groups is 1. The molecule has 0 saturated carbocycles. The van der Waals surface area contributed by atoms with Crippen LogP contribution in [0.3, 0.4) is 0 Å². The molecule has 3 aromatic heterocycles. The molecule has 0 unspecified atom stereocenters. The molecule has 0 aliphatic rings. The van der Waals surface area contributed by atoms with Gasteiger partial charge in [0.15, 0.2) is 10.8 Å². The summed E-state index contributed by atoms with van der Waals surface area (Å²) >= 11 is 1.36. The summed E-state index contributed by atoms with van der Waals surface area (Å²) in [6.45, 7) is 1.92. The Hall–Kier alpha value is -3.32. The average Bonchev–Trinajstić information content (AvgIpc) is 3.30. The molecule has 0 radical (unpaired) electrons. The first-order chi connectivity index (χ1) is 12.7. The number of carbonyl (C=O) groups excluding carboxylic acids is 1. The van der Waals surface area contributed by atoms with Gasteiger partial charge in [-0.05, 0) is 37.3 Å². The molecule has 128 valence electrons. The Balaban J connectivity index is 1.54. The number of hydrogen-bond donors (Lipinski definition) is 1. The molecule has 1 amide bonds. The van der Waals surface area contributed by atoms with Gasteiger partial charge in [0.1, 0.15) is 5.69 Å². The molecule has 4 aromatic rings. The van der Waals surface area contributed by atoms with Gasteiger partial charge in [0.05, 0.1) is 11.4 Å². The third-order valence-corrected chi connectivity index (χ3v) is 4.53. The molecule has 0 fully saturated rings. The van der Waals surface area contributed by atoms with E-state index in [0.717, 1.165) is 22.8 Å². The molecule has 0 atom stereocenters. The number of nitrogens with zero attached hydrogens (tertiary/aromatic N) is 4. The number of hydrogen-bond acceptors (Lipinski definition) is 5. The summed E-state index contributed by atoms with van der Waals surface area (Å²) in [6.07, 6.45) is 1.71. The Labute approximate surface area is 154 Å². The van der Waals surface area contributed by atoms with Crippen LogP contribution in [0.4, 0.5) is 5.13 Å². The number of anilines is 1. The highest BCUT2D eigenvalue weighted by Gasteiger charge is 2.15. The van der Waals surface area contributed by atoms with E-state index in [1.165, 1.54) is 11.3 Å². The van der Waals surface area contributed by atoms with E-state index in [0.29, 0.717) is 10.8 Å². The SMILES string of the molecule is Cc1cc(C(=O)Nc2nc(-c3ccccn3)cs2)nn1-c1ccccc1. The molecular weight excluding hydrogens is 346 g/mol. The van der Waals surface area contributed by atoms with Crippen molar-refractivity contribution in [1.82, 2.24) is 19.7 Å². The van der Waals surface area contributed by atoms with Gasteiger partial charge in [-0.3, -0.25) is 15.1 Å². The molecule has 0 aliphatic carbocycles. The van der Waals surface area contributed by atoms with E-state index < -0.39 is 0 Å². The van der Waals surface area contributed by atoms with Crippen LogP contribution in [0.25, 0.3) is 17.1 Å². The number of nitrogens with one attached hydrogen (secondary N) is 1. The quantitative estimate of drug-likeness (QED) is 0.597. The predicted molar refractivity (Wildman–Crippen MR) is 102 cm³/mol. The van der Waals surface area contributed by atoms with Crippen LogP contribution in [0.2, 0.25) is 0 Å². The molecule has 0 aliphatic heterocycles. The summed E-state index contributed by atoms with van der Waals surface area (Å²) in [5, 5.41) is 9.60. The average molecular weight is 361 g/mol. The topological polar surface area (TPSA) is 72.7 Å². The monoisotopic (exact) mass is 361 g/mol. The van der Waals surface area contributed by atoms with E-state index in [1.807, 2.05) is 60.8 Å². The molecule has 0 bridgehead atoms. The van der Waals surface area contributed by atoms with Gasteiger partial charge in [-0.15, -0.1) is 11.3 Å². The molecule has 0 spiro atoms. The highest BCUT2D eigenvalue weighted by molar-refractivity contribution is 7.14. The van der Waals surface area contributed by atoms with E-state index in [4.69, 9.17) is 0 Å². The number of rotatable bonds is 4. The lowest BCUT2D eigenvalue weighted by molar-refractivity contribution is 0.102. The highest BCUT2D eigenvalue weighted by atomic mass is 32.1. The fourth-order valence-corrected chi connectivity index (χ4v) is 3.24. The maximum atomic E-state index is 12.5. The maximum absolute atomic E-state index is 12.5. The smallest absolute Gasteiger partial charge is 0.277 e. The maximum Gasteiger partial charge on any atom is 0.277 e. The zero-order valence-corrected chi connectivity index (χ0v) is 14.8. The molecule has 1 aromatic carbocycles. The van der Waals surface area contributed by atoms with Crippen LogP contribution in [0.5, 0.6) is 0 Å². The number of pyridine rings is 1. The Morgan fingerprint density at radius 2 is 1.88 bits per heavy atom. The van der Waals surface area contributed by atoms with Crippen LogP contribution in [0.1, 0.15) is 16.2 Å². The lowest BCUT2D eigenvalue weighted by atomic mass is 10.3. The fraction of sp³-hybridized carbons (Fsp3) is 0.0526. The first-order valence-corrected chi connectivity index (χ1v) is 8.89. The van der Waals surface area contributed by atoms with Crippen LogP contribution in [-0.4, -0.2) is 25.7 Å². The van der Waals surface area contributed by atoms with Crippen molar-refractivity contribution in [3.8, 4) is 17.1 Å². The number of benzene rings is 1. The molecular formula is C19H15N5OS. The first kappa shape index (κ1) is 16.2. The second-order valence-corrected chi connectivity index (χ2v) is 6.48. The highest BCUT2D eigenvalue weighted by Crippen LogP contribution is 2.23. The first-order valence-electron chi connectivity index (χ1n) is 8.01. The van der Waals surface area contributed by atoms with E-state index >= 15 is 0 Å². The molecule has 6 nitrogen and oxygen atoms in total. The van der Waals surface area contributed by atoms with E-state index in [1.54, 1.807) is 16.9 Å². The van der Waals surface area contributed by atoms with Gasteiger partial charge in [-0.1, -0.05) is 24.3 Å². The second-order valence-electron chi connectivity index (χ2n) is 5.63. The summed E-state index contributed by atoms with van der Waals surface area (Å²) in [6, 6.07) is 17.1. The van der Waals surface area contributed by atoms with Crippen molar-refractivity contribution in [2.24, 2.45) is 0 Å². The van der Waals surface area contributed by atoms with Gasteiger partial charge in [0.2, 0.25) is 0 Å². The summed E-state index contributed by atoms with van der Waals surface area (Å²) in [7, 11) is 0. The normalized spacial score (nSPS) is 10.7. The van der Waals surface area contributed by atoms with Crippen LogP contribution in [0.15, 0.2) is 66.2 Å². The summed E-state index contributed by atoms with van der Waals surface area (Å²) in [5.41, 5.74) is 3.65. The van der Waals surface area contributed by atoms with E-state index in [9.17, 15) is 4.79 Å². The second kappa shape index (κ2) is 6.89. The van der Waals surface area contributed by atoms with Crippen LogP contribution >= 0.6 is 11.3 Å². The summed E-state index contributed by atoms with van der Waals surface area (Å²) < 4.78 is 1.75. The van der Waals surface area contributed by atoms with Crippen molar-refractivity contribution >= 4 is 22.4 Å². The lowest BCUT2D eigenvalue weighted by Gasteiger charge is -2.02.